The number of nitrogens with zero attached hydrogens (tertiary/aromatic N) is 1. The van der Waals surface area contributed by atoms with Gasteiger partial charge >= 0.3 is 0 Å². The summed E-state index contributed by atoms with van der Waals surface area (Å²) in [5.41, 5.74) is 4.17. The van der Waals surface area contributed by atoms with Gasteiger partial charge in [-0.25, -0.2) is 0 Å². The molecule has 0 saturated carbocycles. The Morgan fingerprint density at radius 3 is 3.00 bits per heavy atom. The number of rotatable bonds is 5. The summed E-state index contributed by atoms with van der Waals surface area (Å²) in [6.07, 6.45) is 6.07. The Balaban J connectivity index is 1.95. The predicted octanol–water partition coefficient (Wildman–Crippen LogP) is 3.47. The van der Waals surface area contributed by atoms with E-state index in [-0.39, 0.29) is 0 Å². The summed E-state index contributed by atoms with van der Waals surface area (Å²) in [7, 11) is 1.69. The predicted molar refractivity (Wildman–Crippen MR) is 84.7 cm³/mol. The number of hydrogen-bond donors (Lipinski definition) is 1. The number of pyridine rings is 1. The minimum atomic E-state index is 0.293. The van der Waals surface area contributed by atoms with Crippen LogP contribution >= 0.6 is 0 Å². The van der Waals surface area contributed by atoms with Crippen molar-refractivity contribution in [2.45, 2.75) is 31.7 Å². The highest BCUT2D eigenvalue weighted by molar-refractivity contribution is 5.38. The molecule has 2 atom stereocenters. The number of likely N-dealkylation sites (N-methyl/N-ethyl adjacent to an activating group) is 1. The topological polar surface area (TPSA) is 34.2 Å². The monoisotopic (exact) mass is 282 g/mol. The van der Waals surface area contributed by atoms with E-state index in [4.69, 9.17) is 4.74 Å². The molecule has 1 aromatic carbocycles. The average molecular weight is 282 g/mol. The third kappa shape index (κ3) is 2.79. The lowest BCUT2D eigenvalue weighted by atomic mass is 9.89. The van der Waals surface area contributed by atoms with E-state index in [0.717, 1.165) is 12.3 Å². The number of aryl methyl sites for hydroxylation is 1. The van der Waals surface area contributed by atoms with Gasteiger partial charge in [0.2, 0.25) is 0 Å². The van der Waals surface area contributed by atoms with Crippen LogP contribution in [-0.2, 0) is 6.42 Å². The number of fused-ring (bicyclic) bond motifs is 1. The van der Waals surface area contributed by atoms with E-state index in [1.807, 2.05) is 6.20 Å². The van der Waals surface area contributed by atoms with Gasteiger partial charge in [0.25, 0.3) is 0 Å². The highest BCUT2D eigenvalue weighted by atomic mass is 16.5. The van der Waals surface area contributed by atoms with E-state index in [2.05, 4.69) is 47.6 Å². The molecule has 2 unspecified atom stereocenters. The Labute approximate surface area is 126 Å². The largest absolute Gasteiger partial charge is 0.495 e. The molecule has 0 aliphatic heterocycles. The maximum Gasteiger partial charge on any atom is 0.137 e. The second kappa shape index (κ2) is 6.27. The summed E-state index contributed by atoms with van der Waals surface area (Å²) in [5, 5.41) is 3.64. The van der Waals surface area contributed by atoms with Gasteiger partial charge in [0, 0.05) is 18.2 Å². The number of nitrogens with one attached hydrogen (secondary N) is 1. The Morgan fingerprint density at radius 2 is 2.19 bits per heavy atom. The Bertz CT molecular complexity index is 612. The van der Waals surface area contributed by atoms with Crippen molar-refractivity contribution in [3.05, 3.63) is 59.4 Å². The fraction of sp³-hybridized carbons (Fsp3) is 0.389. The van der Waals surface area contributed by atoms with Gasteiger partial charge in [-0.1, -0.05) is 31.2 Å². The van der Waals surface area contributed by atoms with Crippen LogP contribution in [0, 0.1) is 0 Å². The minimum absolute atomic E-state index is 0.293. The van der Waals surface area contributed by atoms with Crippen LogP contribution in [0.15, 0.2) is 42.7 Å². The molecule has 1 aromatic heterocycles. The van der Waals surface area contributed by atoms with Crippen LogP contribution in [0.25, 0.3) is 0 Å². The smallest absolute Gasteiger partial charge is 0.137 e. The zero-order valence-electron chi connectivity index (χ0n) is 12.7. The standard InChI is InChI=1S/C18H22N2O/c1-3-20-18(14-10-15(21-2)12-19-11-14)17-9-8-13-6-4-5-7-16(13)17/h4-7,10-12,17-18,20H,3,8-9H2,1-2H3. The van der Waals surface area contributed by atoms with E-state index in [0.29, 0.717) is 12.0 Å². The van der Waals surface area contributed by atoms with Gasteiger partial charge in [0.05, 0.1) is 13.3 Å². The molecule has 0 spiro atoms. The lowest BCUT2D eigenvalue weighted by molar-refractivity contribution is 0.407. The average Bonchev–Trinajstić information content (AvgIpc) is 2.96. The van der Waals surface area contributed by atoms with Crippen molar-refractivity contribution < 1.29 is 4.74 Å². The highest BCUT2D eigenvalue weighted by Gasteiger charge is 2.30. The molecule has 0 radical (unpaired) electrons. The van der Waals surface area contributed by atoms with Gasteiger partial charge in [0.15, 0.2) is 0 Å². The number of aromatic nitrogens is 1. The van der Waals surface area contributed by atoms with Crippen molar-refractivity contribution >= 4 is 0 Å². The molecule has 1 aliphatic carbocycles. The molecular formula is C18H22N2O. The summed E-state index contributed by atoms with van der Waals surface area (Å²) in [6.45, 7) is 3.10. The van der Waals surface area contributed by atoms with Gasteiger partial charge in [-0.15, -0.1) is 0 Å². The minimum Gasteiger partial charge on any atom is -0.495 e. The first-order valence-corrected chi connectivity index (χ1v) is 7.63. The summed E-state index contributed by atoms with van der Waals surface area (Å²) in [6, 6.07) is 11.2. The SMILES string of the molecule is CCNC(c1cncc(OC)c1)C1CCc2ccccc21. The van der Waals surface area contributed by atoms with Crippen molar-refractivity contribution in [1.29, 1.82) is 0 Å². The molecule has 3 heteroatoms. The first-order chi connectivity index (χ1) is 10.3. The molecule has 3 rings (SSSR count). The van der Waals surface area contributed by atoms with Gasteiger partial charge in [-0.05, 0) is 42.1 Å². The van der Waals surface area contributed by atoms with Gasteiger partial charge in [-0.2, -0.15) is 0 Å². The van der Waals surface area contributed by atoms with Crippen molar-refractivity contribution in [2.75, 3.05) is 13.7 Å². The molecule has 0 amide bonds. The normalized spacial score (nSPS) is 18.3. The third-order valence-corrected chi connectivity index (χ3v) is 4.33. The molecule has 0 saturated heterocycles. The van der Waals surface area contributed by atoms with Crippen LogP contribution < -0.4 is 10.1 Å². The number of hydrogen-bond acceptors (Lipinski definition) is 3. The maximum atomic E-state index is 5.32. The van der Waals surface area contributed by atoms with E-state index in [1.54, 1.807) is 13.3 Å². The van der Waals surface area contributed by atoms with Crippen LogP contribution in [0.1, 0.15) is 42.0 Å². The molecular weight excluding hydrogens is 260 g/mol. The van der Waals surface area contributed by atoms with Crippen molar-refractivity contribution in [2.24, 2.45) is 0 Å². The second-order valence-electron chi connectivity index (χ2n) is 5.54. The number of ether oxygens (including phenoxy) is 1. The summed E-state index contributed by atoms with van der Waals surface area (Å²) >= 11 is 0. The maximum absolute atomic E-state index is 5.32. The fourth-order valence-corrected chi connectivity index (χ4v) is 3.37. The molecule has 0 fully saturated rings. The molecule has 1 N–H and O–H groups in total. The summed E-state index contributed by atoms with van der Waals surface area (Å²) in [4.78, 5) is 4.32. The van der Waals surface area contributed by atoms with Crippen LogP contribution in [0.5, 0.6) is 5.75 Å². The van der Waals surface area contributed by atoms with Gasteiger partial charge in [-0.3, -0.25) is 4.98 Å². The molecule has 1 aliphatic rings. The molecule has 21 heavy (non-hydrogen) atoms. The van der Waals surface area contributed by atoms with Crippen LogP contribution in [0.4, 0.5) is 0 Å². The fourth-order valence-electron chi connectivity index (χ4n) is 3.37. The number of benzene rings is 1. The first-order valence-electron chi connectivity index (χ1n) is 7.63. The van der Waals surface area contributed by atoms with Gasteiger partial charge in [0.1, 0.15) is 5.75 Å². The Hall–Kier alpha value is -1.87. The lowest BCUT2D eigenvalue weighted by Gasteiger charge is -2.26. The van der Waals surface area contributed by atoms with E-state index >= 15 is 0 Å². The van der Waals surface area contributed by atoms with E-state index < -0.39 is 0 Å². The Morgan fingerprint density at radius 1 is 1.33 bits per heavy atom. The van der Waals surface area contributed by atoms with E-state index in [1.165, 1.54) is 29.5 Å². The third-order valence-electron chi connectivity index (χ3n) is 4.33. The zero-order chi connectivity index (χ0) is 14.7. The lowest BCUT2D eigenvalue weighted by Crippen LogP contribution is -2.26. The molecule has 1 heterocycles. The number of methoxy groups -OCH3 is 1. The second-order valence-corrected chi connectivity index (χ2v) is 5.54. The molecule has 3 nitrogen and oxygen atoms in total. The summed E-state index contributed by atoms with van der Waals surface area (Å²) < 4.78 is 5.32. The van der Waals surface area contributed by atoms with Crippen molar-refractivity contribution in [3.63, 3.8) is 0 Å². The van der Waals surface area contributed by atoms with Crippen LogP contribution in [0.3, 0.4) is 0 Å². The highest BCUT2D eigenvalue weighted by Crippen LogP contribution is 2.41. The van der Waals surface area contributed by atoms with Crippen LogP contribution in [0.2, 0.25) is 0 Å². The summed E-state index contributed by atoms with van der Waals surface area (Å²) in [5.74, 6) is 1.33. The van der Waals surface area contributed by atoms with Crippen molar-refractivity contribution in [1.82, 2.24) is 10.3 Å². The van der Waals surface area contributed by atoms with Gasteiger partial charge < -0.3 is 10.1 Å². The zero-order valence-corrected chi connectivity index (χ0v) is 12.7. The van der Waals surface area contributed by atoms with Crippen LogP contribution in [-0.4, -0.2) is 18.6 Å². The Kier molecular flexibility index (Phi) is 4.20. The van der Waals surface area contributed by atoms with E-state index in [9.17, 15) is 0 Å². The quantitative estimate of drug-likeness (QED) is 0.911. The first kappa shape index (κ1) is 14.1. The molecule has 0 bridgehead atoms. The molecule has 110 valence electrons. The van der Waals surface area contributed by atoms with Crippen molar-refractivity contribution in [3.8, 4) is 5.75 Å². The molecule has 2 aromatic rings.